The van der Waals surface area contributed by atoms with Crippen molar-refractivity contribution < 1.29 is 9.13 Å². The maximum atomic E-state index is 14.8. The first kappa shape index (κ1) is 25.4. The zero-order valence-electron chi connectivity index (χ0n) is 20.3. The molecule has 186 valence electrons. The molecule has 4 aromatic rings. The second-order valence-corrected chi connectivity index (χ2v) is 9.00. The number of rotatable bonds is 7. The van der Waals surface area contributed by atoms with Crippen molar-refractivity contribution in [3.05, 3.63) is 121 Å². The normalized spacial score (nSPS) is 11.9. The van der Waals surface area contributed by atoms with E-state index in [0.29, 0.717) is 28.1 Å². The van der Waals surface area contributed by atoms with Crippen LogP contribution in [0, 0.1) is 19.7 Å². The Labute approximate surface area is 213 Å². The second kappa shape index (κ2) is 10.5. The molecule has 8 heteroatoms. The lowest BCUT2D eigenvalue weighted by Gasteiger charge is -2.21. The molecule has 1 heterocycles. The Morgan fingerprint density at radius 1 is 0.972 bits per heavy atom. The SMILES string of the molecule is COc1cccc(-c2c(C)n(Cc3c(C)cccc3F)c(=O)n(CC(N)c3ccccc3)c2=O)c1Cl. The lowest BCUT2D eigenvalue weighted by Crippen LogP contribution is -2.44. The van der Waals surface area contributed by atoms with Gasteiger partial charge in [0.25, 0.3) is 5.56 Å². The molecular weight excluding hydrogens is 481 g/mol. The second-order valence-electron chi connectivity index (χ2n) is 8.62. The van der Waals surface area contributed by atoms with Crippen molar-refractivity contribution in [1.29, 1.82) is 0 Å². The molecule has 36 heavy (non-hydrogen) atoms. The van der Waals surface area contributed by atoms with Crippen molar-refractivity contribution in [2.24, 2.45) is 5.73 Å². The standard InChI is InChI=1S/C28H27ClFN3O3/c1-17-9-7-13-22(30)21(17)15-32-18(2)25(20-12-8-14-24(36-3)26(20)29)27(34)33(28(32)35)16-23(31)19-10-5-4-6-11-19/h4-14,23H,15-16,31H2,1-3H3. The number of nitrogens with two attached hydrogens (primary N) is 1. The number of nitrogens with zero attached hydrogens (tertiary/aromatic N) is 2. The summed E-state index contributed by atoms with van der Waals surface area (Å²) in [6.07, 6.45) is 0. The van der Waals surface area contributed by atoms with Gasteiger partial charge in [-0.25, -0.2) is 9.18 Å². The Hall–Kier alpha value is -3.68. The lowest BCUT2D eigenvalue weighted by molar-refractivity contribution is 0.415. The van der Waals surface area contributed by atoms with Crippen molar-refractivity contribution in [1.82, 2.24) is 9.13 Å². The number of hydrogen-bond acceptors (Lipinski definition) is 4. The molecule has 0 aliphatic rings. The van der Waals surface area contributed by atoms with Crippen molar-refractivity contribution in [3.63, 3.8) is 0 Å². The third-order valence-corrected chi connectivity index (χ3v) is 6.81. The van der Waals surface area contributed by atoms with Gasteiger partial charge < -0.3 is 10.5 Å². The molecule has 0 aliphatic heterocycles. The van der Waals surface area contributed by atoms with E-state index in [2.05, 4.69) is 0 Å². The van der Waals surface area contributed by atoms with E-state index in [1.807, 2.05) is 30.3 Å². The van der Waals surface area contributed by atoms with Crippen LogP contribution in [-0.4, -0.2) is 16.2 Å². The Kier molecular flexibility index (Phi) is 7.43. The number of aryl methyl sites for hydroxylation is 1. The van der Waals surface area contributed by atoms with Crippen LogP contribution < -0.4 is 21.7 Å². The number of hydrogen-bond donors (Lipinski definition) is 1. The Balaban J connectivity index is 1.98. The number of methoxy groups -OCH3 is 1. The molecule has 0 bridgehead atoms. The van der Waals surface area contributed by atoms with Crippen LogP contribution in [0.4, 0.5) is 4.39 Å². The summed E-state index contributed by atoms with van der Waals surface area (Å²) >= 11 is 6.60. The highest BCUT2D eigenvalue weighted by molar-refractivity contribution is 6.34. The quantitative estimate of drug-likeness (QED) is 0.388. The molecule has 0 radical (unpaired) electrons. The Bertz CT molecular complexity index is 1510. The van der Waals surface area contributed by atoms with E-state index in [-0.39, 0.29) is 23.7 Å². The van der Waals surface area contributed by atoms with Crippen molar-refractivity contribution in [3.8, 4) is 16.9 Å². The third-order valence-electron chi connectivity index (χ3n) is 6.42. The first-order chi connectivity index (χ1) is 17.2. The topological polar surface area (TPSA) is 79.2 Å². The molecule has 0 fully saturated rings. The van der Waals surface area contributed by atoms with Crippen LogP contribution in [0.1, 0.15) is 28.4 Å². The van der Waals surface area contributed by atoms with Gasteiger partial charge in [0, 0.05) is 22.9 Å². The van der Waals surface area contributed by atoms with Crippen LogP contribution in [0.5, 0.6) is 5.75 Å². The van der Waals surface area contributed by atoms with Crippen LogP contribution in [0.2, 0.25) is 5.02 Å². The first-order valence-corrected chi connectivity index (χ1v) is 11.8. The molecule has 0 saturated heterocycles. The fourth-order valence-corrected chi connectivity index (χ4v) is 4.64. The van der Waals surface area contributed by atoms with Crippen LogP contribution in [0.3, 0.4) is 0 Å². The van der Waals surface area contributed by atoms with E-state index in [1.165, 1.54) is 17.7 Å². The monoisotopic (exact) mass is 507 g/mol. The van der Waals surface area contributed by atoms with E-state index in [0.717, 1.165) is 10.1 Å². The lowest BCUT2D eigenvalue weighted by atomic mass is 10.0. The minimum atomic E-state index is -0.614. The van der Waals surface area contributed by atoms with Crippen LogP contribution in [0.25, 0.3) is 11.1 Å². The van der Waals surface area contributed by atoms with Crippen LogP contribution >= 0.6 is 11.6 Å². The highest BCUT2D eigenvalue weighted by Crippen LogP contribution is 2.35. The van der Waals surface area contributed by atoms with Gasteiger partial charge in [0.05, 0.1) is 30.8 Å². The fraction of sp³-hybridized carbons (Fsp3) is 0.214. The molecule has 3 aromatic carbocycles. The number of ether oxygens (including phenoxy) is 1. The predicted molar refractivity (Wildman–Crippen MR) is 140 cm³/mol. The summed E-state index contributed by atoms with van der Waals surface area (Å²) < 4.78 is 22.6. The summed E-state index contributed by atoms with van der Waals surface area (Å²) in [4.78, 5) is 27.5. The highest BCUT2D eigenvalue weighted by Gasteiger charge is 2.23. The van der Waals surface area contributed by atoms with Gasteiger partial charge in [0.1, 0.15) is 11.6 Å². The smallest absolute Gasteiger partial charge is 0.331 e. The minimum absolute atomic E-state index is 0.0569. The summed E-state index contributed by atoms with van der Waals surface area (Å²) in [6.45, 7) is 3.32. The molecule has 0 saturated carbocycles. The van der Waals surface area contributed by atoms with Crippen molar-refractivity contribution in [2.45, 2.75) is 33.0 Å². The molecule has 1 aromatic heterocycles. The van der Waals surface area contributed by atoms with Gasteiger partial charge in [-0.15, -0.1) is 0 Å². The third kappa shape index (κ3) is 4.72. The molecule has 0 aliphatic carbocycles. The maximum Gasteiger partial charge on any atom is 0.331 e. The van der Waals surface area contributed by atoms with E-state index in [9.17, 15) is 14.0 Å². The molecule has 2 N–H and O–H groups in total. The molecule has 1 atom stereocenters. The molecule has 6 nitrogen and oxygen atoms in total. The number of aromatic nitrogens is 2. The predicted octanol–water partition coefficient (Wildman–Crippen LogP) is 4.84. The van der Waals surface area contributed by atoms with Gasteiger partial charge in [-0.1, -0.05) is 66.2 Å². The zero-order chi connectivity index (χ0) is 26.0. The van der Waals surface area contributed by atoms with Crippen LogP contribution in [0.15, 0.2) is 76.3 Å². The van der Waals surface area contributed by atoms with E-state index < -0.39 is 23.1 Å². The summed E-state index contributed by atoms with van der Waals surface area (Å²) in [5.41, 5.74) is 8.15. The first-order valence-electron chi connectivity index (χ1n) is 11.5. The fourth-order valence-electron chi connectivity index (χ4n) is 4.35. The maximum absolute atomic E-state index is 14.8. The molecule has 0 spiro atoms. The van der Waals surface area contributed by atoms with E-state index in [1.54, 1.807) is 44.2 Å². The summed E-state index contributed by atoms with van der Waals surface area (Å²) in [7, 11) is 1.48. The number of halogens is 2. The average Bonchev–Trinajstić information content (AvgIpc) is 2.87. The number of benzene rings is 3. The van der Waals surface area contributed by atoms with Gasteiger partial charge in [0.2, 0.25) is 0 Å². The average molecular weight is 508 g/mol. The van der Waals surface area contributed by atoms with Gasteiger partial charge in [-0.3, -0.25) is 13.9 Å². The van der Waals surface area contributed by atoms with Crippen molar-refractivity contribution >= 4 is 11.6 Å². The van der Waals surface area contributed by atoms with E-state index in [4.69, 9.17) is 22.1 Å². The summed E-state index contributed by atoms with van der Waals surface area (Å²) in [6, 6.07) is 18.4. The van der Waals surface area contributed by atoms with Crippen LogP contribution in [-0.2, 0) is 13.1 Å². The minimum Gasteiger partial charge on any atom is -0.495 e. The molecule has 1 unspecified atom stereocenters. The van der Waals surface area contributed by atoms with Gasteiger partial charge in [-0.05, 0) is 37.1 Å². The van der Waals surface area contributed by atoms with Crippen molar-refractivity contribution in [2.75, 3.05) is 7.11 Å². The molecule has 4 rings (SSSR count). The Morgan fingerprint density at radius 2 is 1.67 bits per heavy atom. The van der Waals surface area contributed by atoms with Gasteiger partial charge in [0.15, 0.2) is 0 Å². The van der Waals surface area contributed by atoms with E-state index >= 15 is 0 Å². The largest absolute Gasteiger partial charge is 0.495 e. The highest BCUT2D eigenvalue weighted by atomic mass is 35.5. The molecule has 0 amide bonds. The van der Waals surface area contributed by atoms with Gasteiger partial charge >= 0.3 is 5.69 Å². The summed E-state index contributed by atoms with van der Waals surface area (Å²) in [5.74, 6) is -0.0378. The Morgan fingerprint density at radius 3 is 2.33 bits per heavy atom. The summed E-state index contributed by atoms with van der Waals surface area (Å²) in [5, 5.41) is 0.242. The zero-order valence-corrected chi connectivity index (χ0v) is 21.1. The molecular formula is C28H27ClFN3O3. The van der Waals surface area contributed by atoms with Gasteiger partial charge in [-0.2, -0.15) is 0 Å².